The maximum atomic E-state index is 9.79. The molecule has 0 unspecified atom stereocenters. The normalized spacial score (nSPS) is 10.0. The zero-order chi connectivity index (χ0) is 8.36. The maximum absolute atomic E-state index is 9.79. The van der Waals surface area contributed by atoms with Crippen LogP contribution in [0.3, 0.4) is 0 Å². The molecule has 0 radical (unpaired) electrons. The zero-order valence-corrected chi connectivity index (χ0v) is 6.31. The molecule has 0 aromatic heterocycles. The Morgan fingerprint density at radius 3 is 1.64 bits per heavy atom. The van der Waals surface area contributed by atoms with E-state index in [2.05, 4.69) is 0 Å². The number of carboxylic acids is 2. The number of hydrogen-bond donors (Lipinski definition) is 4. The fourth-order valence-electron chi connectivity index (χ4n) is 0.286. The van der Waals surface area contributed by atoms with Gasteiger partial charge in [0.25, 0.3) is 5.79 Å². The van der Waals surface area contributed by atoms with Crippen molar-refractivity contribution in [3.05, 3.63) is 0 Å². The molecule has 0 rings (SSSR count). The highest BCUT2D eigenvalue weighted by Crippen LogP contribution is 2.04. The molecule has 0 aliphatic heterocycles. The Balaban J connectivity index is 0. The van der Waals surface area contributed by atoms with Gasteiger partial charge in [0.2, 0.25) is 0 Å². The summed E-state index contributed by atoms with van der Waals surface area (Å²) in [5.41, 5.74) is 0. The monoisotopic (exact) mass is 184 g/mol. The lowest BCUT2D eigenvalue weighted by Gasteiger charge is -2.12. The van der Waals surface area contributed by atoms with Crippen LogP contribution in [-0.2, 0) is 9.59 Å². The highest BCUT2D eigenvalue weighted by Gasteiger charge is 2.35. The second kappa shape index (κ2) is 4.16. The van der Waals surface area contributed by atoms with Gasteiger partial charge in [0.05, 0.1) is 0 Å². The van der Waals surface area contributed by atoms with Crippen LogP contribution in [0, 0.1) is 0 Å². The minimum absolute atomic E-state index is 0. The van der Waals surface area contributed by atoms with Gasteiger partial charge in [0.15, 0.2) is 0 Å². The lowest BCUT2D eigenvalue weighted by atomic mass is 10.2. The van der Waals surface area contributed by atoms with E-state index in [0.717, 1.165) is 0 Å². The summed E-state index contributed by atoms with van der Waals surface area (Å²) < 4.78 is 0. The van der Waals surface area contributed by atoms with E-state index in [-0.39, 0.29) is 13.5 Å². The summed E-state index contributed by atoms with van der Waals surface area (Å²) >= 11 is 0. The molecule has 0 saturated carbocycles. The first kappa shape index (κ1) is 12.8. The minimum Gasteiger partial charge on any atom is -0.481 e. The van der Waals surface area contributed by atoms with Gasteiger partial charge in [-0.15, -0.1) is 0 Å². The van der Waals surface area contributed by atoms with Crippen molar-refractivity contribution in [3.8, 4) is 0 Å². The van der Waals surface area contributed by atoms with Gasteiger partial charge in [-0.3, -0.25) is 4.79 Å². The lowest BCUT2D eigenvalue weighted by molar-refractivity contribution is -0.208. The molecule has 6 nitrogen and oxygen atoms in total. The van der Waals surface area contributed by atoms with Crippen LogP contribution < -0.4 is 0 Å². The van der Waals surface area contributed by atoms with Gasteiger partial charge in [-0.2, -0.15) is 13.5 Å². The topological polar surface area (TPSA) is 115 Å². The molecule has 66 valence electrons. The SMILES string of the molecule is O=C(O)CC(O)(O)C(=O)O.S. The maximum Gasteiger partial charge on any atom is 0.364 e. The number of aliphatic hydroxyl groups is 2. The first-order valence-corrected chi connectivity index (χ1v) is 2.26. The zero-order valence-electron chi connectivity index (χ0n) is 5.31. The van der Waals surface area contributed by atoms with E-state index in [4.69, 9.17) is 20.4 Å². The summed E-state index contributed by atoms with van der Waals surface area (Å²) in [6, 6.07) is 0. The van der Waals surface area contributed by atoms with Crippen molar-refractivity contribution in [1.29, 1.82) is 0 Å². The molecule has 0 amide bonds. The Morgan fingerprint density at radius 1 is 1.18 bits per heavy atom. The van der Waals surface area contributed by atoms with Crippen LogP contribution in [-0.4, -0.2) is 38.2 Å². The van der Waals surface area contributed by atoms with E-state index in [1.54, 1.807) is 0 Å². The van der Waals surface area contributed by atoms with Crippen molar-refractivity contribution >= 4 is 25.4 Å². The van der Waals surface area contributed by atoms with Crippen molar-refractivity contribution in [2.75, 3.05) is 0 Å². The third-order valence-electron chi connectivity index (χ3n) is 0.740. The average molecular weight is 184 g/mol. The quantitative estimate of drug-likeness (QED) is 0.390. The Morgan fingerprint density at radius 2 is 1.55 bits per heavy atom. The van der Waals surface area contributed by atoms with Crippen LogP contribution in [0.25, 0.3) is 0 Å². The van der Waals surface area contributed by atoms with Gasteiger partial charge < -0.3 is 20.4 Å². The van der Waals surface area contributed by atoms with Gasteiger partial charge >= 0.3 is 11.9 Å². The predicted octanol–water partition coefficient (Wildman–Crippen LogP) is -1.66. The molecular formula is C4H8O6S. The third kappa shape index (κ3) is 4.59. The smallest absolute Gasteiger partial charge is 0.364 e. The molecule has 0 aromatic carbocycles. The van der Waals surface area contributed by atoms with E-state index < -0.39 is 24.1 Å². The largest absolute Gasteiger partial charge is 0.481 e. The lowest BCUT2D eigenvalue weighted by Crippen LogP contribution is -2.40. The van der Waals surface area contributed by atoms with Gasteiger partial charge in [0, 0.05) is 0 Å². The Kier molecular flexibility index (Phi) is 4.86. The molecule has 0 aliphatic rings. The fourth-order valence-corrected chi connectivity index (χ4v) is 0.286. The fraction of sp³-hybridized carbons (Fsp3) is 0.500. The Hall–Kier alpha value is -0.790. The Bertz CT molecular complexity index is 164. The molecule has 0 heterocycles. The molecule has 0 aromatic rings. The molecule has 0 spiro atoms. The van der Waals surface area contributed by atoms with Crippen molar-refractivity contribution in [3.63, 3.8) is 0 Å². The van der Waals surface area contributed by atoms with Crippen molar-refractivity contribution in [1.82, 2.24) is 0 Å². The van der Waals surface area contributed by atoms with Crippen LogP contribution in [0.2, 0.25) is 0 Å². The van der Waals surface area contributed by atoms with Crippen molar-refractivity contribution < 1.29 is 30.0 Å². The standard InChI is InChI=1S/C4H6O6.H2S/c5-2(6)1-4(9,10)3(7)8;/h9-10H,1H2,(H,5,6)(H,7,8);1H2. The Labute approximate surface area is 68.5 Å². The predicted molar refractivity (Wildman–Crippen MR) is 37.4 cm³/mol. The molecule has 0 aliphatic carbocycles. The minimum atomic E-state index is -3.16. The van der Waals surface area contributed by atoms with E-state index in [0.29, 0.717) is 0 Å². The molecule has 0 fully saturated rings. The van der Waals surface area contributed by atoms with E-state index in [1.807, 2.05) is 0 Å². The summed E-state index contributed by atoms with van der Waals surface area (Å²) in [5, 5.41) is 32.5. The summed E-state index contributed by atoms with van der Waals surface area (Å²) in [7, 11) is 0. The summed E-state index contributed by atoms with van der Waals surface area (Å²) in [6.07, 6.45) is -1.23. The number of carboxylic acid groups (broad SMARTS) is 2. The molecule has 4 N–H and O–H groups in total. The third-order valence-corrected chi connectivity index (χ3v) is 0.740. The highest BCUT2D eigenvalue weighted by molar-refractivity contribution is 7.59. The first-order chi connectivity index (χ1) is 4.36. The molecule has 0 bridgehead atoms. The van der Waals surface area contributed by atoms with E-state index >= 15 is 0 Å². The first-order valence-electron chi connectivity index (χ1n) is 2.26. The van der Waals surface area contributed by atoms with Gasteiger partial charge in [-0.25, -0.2) is 4.79 Å². The van der Waals surface area contributed by atoms with Gasteiger partial charge in [0.1, 0.15) is 6.42 Å². The van der Waals surface area contributed by atoms with Crippen LogP contribution in [0.1, 0.15) is 6.42 Å². The average Bonchev–Trinajstić information content (AvgIpc) is 1.60. The van der Waals surface area contributed by atoms with Gasteiger partial charge in [-0.05, 0) is 0 Å². The number of hydrogen-bond acceptors (Lipinski definition) is 4. The second-order valence-corrected chi connectivity index (χ2v) is 1.69. The van der Waals surface area contributed by atoms with E-state index in [9.17, 15) is 9.59 Å². The van der Waals surface area contributed by atoms with Crippen LogP contribution in [0.4, 0.5) is 0 Å². The summed E-state index contributed by atoms with van der Waals surface area (Å²) in [5.74, 6) is -6.73. The molecule has 0 saturated heterocycles. The number of rotatable bonds is 3. The van der Waals surface area contributed by atoms with Crippen molar-refractivity contribution in [2.45, 2.75) is 12.2 Å². The number of aliphatic carboxylic acids is 2. The van der Waals surface area contributed by atoms with Crippen LogP contribution in [0.5, 0.6) is 0 Å². The highest BCUT2D eigenvalue weighted by atomic mass is 32.1. The number of carbonyl (C=O) groups is 2. The van der Waals surface area contributed by atoms with Crippen molar-refractivity contribution in [2.24, 2.45) is 0 Å². The molecule has 11 heavy (non-hydrogen) atoms. The van der Waals surface area contributed by atoms with Gasteiger partial charge in [-0.1, -0.05) is 0 Å². The molecular weight excluding hydrogens is 176 g/mol. The van der Waals surface area contributed by atoms with Crippen LogP contribution in [0.15, 0.2) is 0 Å². The van der Waals surface area contributed by atoms with E-state index in [1.165, 1.54) is 0 Å². The second-order valence-electron chi connectivity index (χ2n) is 1.69. The summed E-state index contributed by atoms with van der Waals surface area (Å²) in [4.78, 5) is 19.5. The molecule has 0 atom stereocenters. The van der Waals surface area contributed by atoms with Crippen LogP contribution >= 0.6 is 13.5 Å². The molecule has 7 heteroatoms. The summed E-state index contributed by atoms with van der Waals surface area (Å²) in [6.45, 7) is 0.